The largest absolute Gasteiger partial charge is 0.360 e. The first kappa shape index (κ1) is 25.3. The summed E-state index contributed by atoms with van der Waals surface area (Å²) in [5, 5.41) is 4.22. The summed E-state index contributed by atoms with van der Waals surface area (Å²) in [6.45, 7) is 2.46. The minimum absolute atomic E-state index is 0.0915. The Morgan fingerprint density at radius 3 is 2.26 bits per heavy atom. The molecule has 0 spiro atoms. The summed E-state index contributed by atoms with van der Waals surface area (Å²) in [6, 6.07) is 19.6. The average Bonchev–Trinajstić information content (AvgIpc) is 3.55. The van der Waals surface area contributed by atoms with Crippen LogP contribution in [0.2, 0.25) is 0 Å². The van der Waals surface area contributed by atoms with Crippen LogP contribution in [0.4, 0.5) is 0 Å². The van der Waals surface area contributed by atoms with E-state index in [0.717, 1.165) is 42.8 Å². The maximum absolute atomic E-state index is 13.5. The molecule has 186 valence electrons. The smallest absolute Gasteiger partial charge is 0.228 e. The van der Waals surface area contributed by atoms with Gasteiger partial charge in [-0.1, -0.05) is 60.7 Å². The van der Waals surface area contributed by atoms with Crippen LogP contribution < -0.4 is 5.32 Å². The molecule has 0 amide bonds. The Kier molecular flexibility index (Phi) is 8.20. The molecular weight excluding hydrogens is 478 g/mol. The monoisotopic (exact) mass is 511 g/mol. The zero-order chi connectivity index (χ0) is 24.8. The molecule has 2 aromatic carbocycles. The van der Waals surface area contributed by atoms with Crippen LogP contribution in [0.15, 0.2) is 72.0 Å². The van der Waals surface area contributed by atoms with E-state index >= 15 is 0 Å². The van der Waals surface area contributed by atoms with Crippen molar-refractivity contribution < 1.29 is 8.42 Å². The number of hydrogen-bond donors (Lipinski definition) is 1. The third kappa shape index (κ3) is 7.13. The van der Waals surface area contributed by atoms with E-state index in [2.05, 4.69) is 20.1 Å². The Hall–Kier alpha value is -2.75. The summed E-state index contributed by atoms with van der Waals surface area (Å²) < 4.78 is 28.8. The van der Waals surface area contributed by atoms with E-state index in [1.165, 1.54) is 0 Å². The third-order valence-electron chi connectivity index (χ3n) is 5.92. The number of thiocarbonyl (C=S) groups is 1. The first-order valence-corrected chi connectivity index (χ1v) is 13.9. The normalized spacial score (nSPS) is 13.7. The van der Waals surface area contributed by atoms with E-state index < -0.39 is 9.84 Å². The molecule has 3 aromatic rings. The molecule has 9 heteroatoms. The van der Waals surface area contributed by atoms with Crippen molar-refractivity contribution in [1.82, 2.24) is 24.7 Å². The molecule has 1 saturated carbocycles. The molecule has 0 saturated heterocycles. The molecule has 4 rings (SSSR count). The van der Waals surface area contributed by atoms with Crippen molar-refractivity contribution in [1.29, 1.82) is 0 Å². The fourth-order valence-electron chi connectivity index (χ4n) is 3.82. The first-order chi connectivity index (χ1) is 16.8. The predicted octanol–water partition coefficient (Wildman–Crippen LogP) is 3.31. The minimum atomic E-state index is -3.66. The fourth-order valence-corrected chi connectivity index (χ4v) is 5.64. The number of sulfone groups is 1. The molecule has 0 unspecified atom stereocenters. The second kappa shape index (κ2) is 11.3. The van der Waals surface area contributed by atoms with Gasteiger partial charge in [-0.05, 0) is 50.3 Å². The van der Waals surface area contributed by atoms with Gasteiger partial charge < -0.3 is 19.7 Å². The second-order valence-electron chi connectivity index (χ2n) is 9.30. The van der Waals surface area contributed by atoms with Crippen LogP contribution in [-0.4, -0.2) is 66.1 Å². The van der Waals surface area contributed by atoms with Gasteiger partial charge in [0.05, 0.1) is 30.7 Å². The molecule has 35 heavy (non-hydrogen) atoms. The van der Waals surface area contributed by atoms with E-state index in [0.29, 0.717) is 24.2 Å². The number of benzene rings is 2. The van der Waals surface area contributed by atoms with E-state index in [1.54, 1.807) is 6.20 Å². The van der Waals surface area contributed by atoms with Crippen molar-refractivity contribution in [3.63, 3.8) is 0 Å². The van der Waals surface area contributed by atoms with E-state index in [-0.39, 0.29) is 10.9 Å². The SMILES string of the molecule is CN(C)CCN(Cc1cnc(S(=O)(=O)Cc2ccccc2)n1Cc1ccccc1)C(=S)NC1CC1. The van der Waals surface area contributed by atoms with Crippen LogP contribution in [0, 0.1) is 0 Å². The molecule has 1 N–H and O–H groups in total. The maximum atomic E-state index is 13.5. The number of likely N-dealkylation sites (N-methyl/N-ethyl adjacent to an activating group) is 1. The van der Waals surface area contributed by atoms with Crippen LogP contribution in [0.5, 0.6) is 0 Å². The van der Waals surface area contributed by atoms with Gasteiger partial charge in [-0.2, -0.15) is 0 Å². The highest BCUT2D eigenvalue weighted by Crippen LogP contribution is 2.22. The summed E-state index contributed by atoms with van der Waals surface area (Å²) in [5.41, 5.74) is 2.58. The van der Waals surface area contributed by atoms with Gasteiger partial charge in [0.25, 0.3) is 0 Å². The molecule has 1 aromatic heterocycles. The van der Waals surface area contributed by atoms with Crippen LogP contribution in [0.3, 0.4) is 0 Å². The van der Waals surface area contributed by atoms with Gasteiger partial charge in [0.2, 0.25) is 15.0 Å². The maximum Gasteiger partial charge on any atom is 0.228 e. The number of imidazole rings is 1. The molecule has 1 aliphatic carbocycles. The Morgan fingerprint density at radius 1 is 1.03 bits per heavy atom. The van der Waals surface area contributed by atoms with Gasteiger partial charge in [-0.25, -0.2) is 13.4 Å². The standard InChI is InChI=1S/C26H33N5O2S2/c1-29(2)15-16-30(25(34)28-23-13-14-23)19-24-17-27-26(31(24)18-21-9-5-3-6-10-21)35(32,33)20-22-11-7-4-8-12-22/h3-12,17,23H,13-16,18-20H2,1-2H3,(H,28,34). The van der Waals surface area contributed by atoms with Crippen molar-refractivity contribution in [2.75, 3.05) is 27.2 Å². The molecular formula is C26H33N5O2S2. The van der Waals surface area contributed by atoms with Crippen LogP contribution in [-0.2, 0) is 28.7 Å². The highest BCUT2D eigenvalue weighted by atomic mass is 32.2. The molecule has 1 aliphatic rings. The van der Waals surface area contributed by atoms with Gasteiger partial charge in [-0.15, -0.1) is 0 Å². The lowest BCUT2D eigenvalue weighted by Crippen LogP contribution is -2.43. The van der Waals surface area contributed by atoms with Crippen LogP contribution >= 0.6 is 12.2 Å². The van der Waals surface area contributed by atoms with Crippen molar-refractivity contribution >= 4 is 27.2 Å². The van der Waals surface area contributed by atoms with E-state index in [4.69, 9.17) is 12.2 Å². The molecule has 0 bridgehead atoms. The number of nitrogens with zero attached hydrogens (tertiary/aromatic N) is 4. The van der Waals surface area contributed by atoms with Gasteiger partial charge in [0.15, 0.2) is 5.11 Å². The van der Waals surface area contributed by atoms with E-state index in [9.17, 15) is 8.42 Å². The lowest BCUT2D eigenvalue weighted by molar-refractivity contribution is 0.317. The summed E-state index contributed by atoms with van der Waals surface area (Å²) in [7, 11) is 0.405. The summed E-state index contributed by atoms with van der Waals surface area (Å²) in [5.74, 6) is -0.0922. The van der Waals surface area contributed by atoms with E-state index in [1.807, 2.05) is 79.3 Å². The number of nitrogens with one attached hydrogen (secondary N) is 1. The molecule has 7 nitrogen and oxygen atoms in total. The lowest BCUT2D eigenvalue weighted by atomic mass is 10.2. The molecule has 0 radical (unpaired) electrons. The number of hydrogen-bond acceptors (Lipinski definition) is 5. The van der Waals surface area contributed by atoms with Crippen molar-refractivity contribution in [3.8, 4) is 0 Å². The fraction of sp³-hybridized carbons (Fsp3) is 0.385. The topological polar surface area (TPSA) is 70.5 Å². The Balaban J connectivity index is 1.65. The van der Waals surface area contributed by atoms with Gasteiger partial charge >= 0.3 is 0 Å². The summed E-state index contributed by atoms with van der Waals surface area (Å²) >= 11 is 5.73. The van der Waals surface area contributed by atoms with Crippen molar-refractivity contribution in [2.45, 2.75) is 42.9 Å². The molecule has 0 atom stereocenters. The second-order valence-corrected chi connectivity index (χ2v) is 11.6. The van der Waals surface area contributed by atoms with Gasteiger partial charge in [0, 0.05) is 19.1 Å². The average molecular weight is 512 g/mol. The third-order valence-corrected chi connectivity index (χ3v) is 7.90. The highest BCUT2D eigenvalue weighted by Gasteiger charge is 2.27. The Bertz CT molecular complexity index is 1220. The first-order valence-electron chi connectivity index (χ1n) is 11.9. The molecule has 0 aliphatic heterocycles. The van der Waals surface area contributed by atoms with Crippen molar-refractivity contribution in [3.05, 3.63) is 83.7 Å². The Morgan fingerprint density at radius 2 is 1.66 bits per heavy atom. The molecule has 1 heterocycles. The van der Waals surface area contributed by atoms with Crippen LogP contribution in [0.1, 0.15) is 29.7 Å². The van der Waals surface area contributed by atoms with Gasteiger partial charge in [0.1, 0.15) is 0 Å². The Labute approximate surface area is 213 Å². The predicted molar refractivity (Wildman–Crippen MR) is 143 cm³/mol. The summed E-state index contributed by atoms with van der Waals surface area (Å²) in [6.07, 6.45) is 3.95. The van der Waals surface area contributed by atoms with Gasteiger partial charge in [-0.3, -0.25) is 0 Å². The zero-order valence-corrected chi connectivity index (χ0v) is 21.9. The number of aromatic nitrogens is 2. The minimum Gasteiger partial charge on any atom is -0.360 e. The highest BCUT2D eigenvalue weighted by molar-refractivity contribution is 7.90. The lowest BCUT2D eigenvalue weighted by Gasteiger charge is -2.28. The number of rotatable bonds is 11. The quantitative estimate of drug-likeness (QED) is 0.396. The summed E-state index contributed by atoms with van der Waals surface area (Å²) in [4.78, 5) is 8.66. The van der Waals surface area contributed by atoms with Crippen molar-refractivity contribution in [2.24, 2.45) is 0 Å². The van der Waals surface area contributed by atoms with Crippen LogP contribution in [0.25, 0.3) is 0 Å². The molecule has 1 fully saturated rings. The zero-order valence-electron chi connectivity index (χ0n) is 20.3.